The molecule has 0 aliphatic heterocycles. The van der Waals surface area contributed by atoms with Crippen LogP contribution in [0.2, 0.25) is 9.36 Å². The topological polar surface area (TPSA) is 85.2 Å². The van der Waals surface area contributed by atoms with E-state index in [9.17, 15) is 18.0 Å². The third-order valence-electron chi connectivity index (χ3n) is 5.08. The molecule has 170 valence electrons. The molecule has 1 N–H and O–H groups in total. The molecule has 0 bridgehead atoms. The molecule has 33 heavy (non-hydrogen) atoms. The number of ketones is 1. The van der Waals surface area contributed by atoms with Crippen LogP contribution in [0.4, 0.5) is 5.69 Å². The zero-order chi connectivity index (χ0) is 23.8. The molecule has 4 aromatic rings. The van der Waals surface area contributed by atoms with E-state index in [-0.39, 0.29) is 16.2 Å². The van der Waals surface area contributed by atoms with Gasteiger partial charge in [0.25, 0.3) is 5.56 Å². The van der Waals surface area contributed by atoms with E-state index in [1.165, 1.54) is 16.7 Å². The second-order valence-corrected chi connectivity index (χ2v) is 11.7. The number of thiophene rings is 1. The molecule has 6 nitrogen and oxygen atoms in total. The van der Waals surface area contributed by atoms with Gasteiger partial charge in [0.2, 0.25) is 0 Å². The van der Waals surface area contributed by atoms with Gasteiger partial charge in [-0.2, -0.15) is 0 Å². The number of Topliss-reactive ketones (excluding diaryl/α,β-unsaturated/α-hetero) is 1. The molecule has 2 aromatic carbocycles. The van der Waals surface area contributed by atoms with Crippen LogP contribution < -0.4 is 10.9 Å². The smallest absolute Gasteiger partial charge is 0.263 e. The number of fused-ring (bicyclic) bond motifs is 1. The maximum atomic E-state index is 13.0. The molecule has 0 aliphatic carbocycles. The maximum absolute atomic E-state index is 13.0. The van der Waals surface area contributed by atoms with Crippen molar-refractivity contribution in [3.8, 4) is 5.69 Å². The summed E-state index contributed by atoms with van der Waals surface area (Å²) in [5, 5.41) is 4.69. The van der Waals surface area contributed by atoms with Gasteiger partial charge in [-0.1, -0.05) is 35.3 Å². The highest BCUT2D eigenvalue weighted by molar-refractivity contribution is 7.94. The first-order valence-electron chi connectivity index (χ1n) is 9.80. The second-order valence-electron chi connectivity index (χ2n) is 7.36. The van der Waals surface area contributed by atoms with Gasteiger partial charge in [0, 0.05) is 30.7 Å². The minimum Gasteiger partial charge on any atom is -0.387 e. The zero-order valence-corrected chi connectivity index (χ0v) is 20.5. The summed E-state index contributed by atoms with van der Waals surface area (Å²) in [7, 11) is -1.96. The number of hydrogen-bond donors (Lipinski definition) is 1. The summed E-state index contributed by atoms with van der Waals surface area (Å²) in [5.74, 6) is -1.02. The molecule has 0 saturated carbocycles. The van der Waals surface area contributed by atoms with E-state index in [1.54, 1.807) is 43.6 Å². The number of hydrogen-bond acceptors (Lipinski definition) is 6. The van der Waals surface area contributed by atoms with Crippen molar-refractivity contribution in [3.63, 3.8) is 0 Å². The molecule has 10 heteroatoms. The number of halogens is 2. The summed E-state index contributed by atoms with van der Waals surface area (Å²) in [4.78, 5) is 25.4. The Morgan fingerprint density at radius 1 is 1.06 bits per heavy atom. The molecular formula is C23H18Cl2N2O4S2. The maximum Gasteiger partial charge on any atom is 0.263 e. The number of sulfone groups is 1. The fraction of sp³-hybridized carbons (Fsp3) is 0.130. The fourth-order valence-corrected chi connectivity index (χ4v) is 6.53. The van der Waals surface area contributed by atoms with E-state index in [1.807, 2.05) is 12.1 Å². The van der Waals surface area contributed by atoms with Crippen molar-refractivity contribution < 1.29 is 13.2 Å². The second kappa shape index (κ2) is 9.30. The molecule has 0 atom stereocenters. The van der Waals surface area contributed by atoms with E-state index < -0.39 is 21.4 Å². The molecule has 0 unspecified atom stereocenters. The van der Waals surface area contributed by atoms with Crippen molar-refractivity contribution >= 4 is 66.6 Å². The average molecular weight is 521 g/mol. The third kappa shape index (κ3) is 4.99. The van der Waals surface area contributed by atoms with Gasteiger partial charge in [-0.3, -0.25) is 14.2 Å². The molecule has 0 spiro atoms. The van der Waals surface area contributed by atoms with Crippen LogP contribution in [0.3, 0.4) is 0 Å². The van der Waals surface area contributed by atoms with Crippen LogP contribution in [0.25, 0.3) is 16.5 Å². The predicted molar refractivity (Wildman–Crippen MR) is 134 cm³/mol. The SMILES string of the molecule is CNc1cc2ccn(-c3ccc(CC(=O)CS(=O)(=O)c4ccc(Cl)s4)cc3)c(=O)c2cc1Cl. The number of carbonyl (C=O) groups is 1. The van der Waals surface area contributed by atoms with E-state index in [4.69, 9.17) is 23.2 Å². The van der Waals surface area contributed by atoms with Crippen LogP contribution in [0, 0.1) is 0 Å². The minimum atomic E-state index is -3.72. The number of aromatic nitrogens is 1. The van der Waals surface area contributed by atoms with Gasteiger partial charge in [-0.15, -0.1) is 11.3 Å². The fourth-order valence-electron chi connectivity index (χ4n) is 3.46. The Kier molecular flexibility index (Phi) is 6.63. The van der Waals surface area contributed by atoms with Crippen molar-refractivity contribution in [3.05, 3.63) is 86.1 Å². The number of anilines is 1. The Morgan fingerprint density at radius 2 is 1.79 bits per heavy atom. The number of pyridine rings is 1. The van der Waals surface area contributed by atoms with Gasteiger partial charge in [-0.05, 0) is 53.4 Å². The van der Waals surface area contributed by atoms with Crippen LogP contribution in [0.1, 0.15) is 5.56 Å². The Bertz CT molecular complexity index is 1520. The van der Waals surface area contributed by atoms with Crippen LogP contribution in [-0.4, -0.2) is 31.6 Å². The normalized spacial score (nSPS) is 11.6. The third-order valence-corrected chi connectivity index (χ3v) is 8.88. The van der Waals surface area contributed by atoms with Crippen LogP contribution in [-0.2, 0) is 21.1 Å². The van der Waals surface area contributed by atoms with Gasteiger partial charge >= 0.3 is 0 Å². The van der Waals surface area contributed by atoms with Crippen molar-refractivity contribution in [2.24, 2.45) is 0 Å². The first kappa shape index (κ1) is 23.5. The Labute approximate surface area is 204 Å². The molecule has 0 radical (unpaired) electrons. The summed E-state index contributed by atoms with van der Waals surface area (Å²) in [5.41, 5.74) is 1.78. The van der Waals surface area contributed by atoms with E-state index >= 15 is 0 Å². The van der Waals surface area contributed by atoms with E-state index in [2.05, 4.69) is 5.32 Å². The summed E-state index contributed by atoms with van der Waals surface area (Å²) in [6.45, 7) is 0. The zero-order valence-electron chi connectivity index (χ0n) is 17.3. The van der Waals surface area contributed by atoms with Gasteiger partial charge in [0.1, 0.15) is 9.96 Å². The number of rotatable bonds is 7. The summed E-state index contributed by atoms with van der Waals surface area (Å²) in [6.07, 6.45) is 1.64. The van der Waals surface area contributed by atoms with Gasteiger partial charge < -0.3 is 5.32 Å². The molecule has 0 fully saturated rings. The first-order chi connectivity index (χ1) is 15.7. The molecular weight excluding hydrogens is 503 g/mol. The standard InChI is InChI=1S/C23H18Cl2N2O4S2/c1-26-20-11-15-8-9-27(23(29)18(15)12-19(20)24)16-4-2-14(3-5-16)10-17(28)13-33(30,31)22-7-6-21(25)32-22/h2-9,11-12,26H,10,13H2,1H3. The number of carbonyl (C=O) groups excluding carboxylic acids is 1. The van der Waals surface area contributed by atoms with Gasteiger partial charge in [-0.25, -0.2) is 8.42 Å². The van der Waals surface area contributed by atoms with Gasteiger partial charge in [0.05, 0.1) is 15.0 Å². The lowest BCUT2D eigenvalue weighted by atomic mass is 10.1. The van der Waals surface area contributed by atoms with E-state index in [0.29, 0.717) is 26.0 Å². The number of benzene rings is 2. The Balaban J connectivity index is 1.54. The molecule has 2 aromatic heterocycles. The van der Waals surface area contributed by atoms with Gasteiger partial charge in [0.15, 0.2) is 15.6 Å². The minimum absolute atomic E-state index is 0.0341. The van der Waals surface area contributed by atoms with Crippen molar-refractivity contribution in [1.82, 2.24) is 4.57 Å². The van der Waals surface area contributed by atoms with E-state index in [0.717, 1.165) is 22.4 Å². The summed E-state index contributed by atoms with van der Waals surface area (Å²) in [6, 6.07) is 15.0. The molecule has 0 saturated heterocycles. The van der Waals surface area contributed by atoms with Crippen molar-refractivity contribution in [2.75, 3.05) is 18.1 Å². The monoisotopic (exact) mass is 520 g/mol. The summed E-state index contributed by atoms with van der Waals surface area (Å²) >= 11 is 13.0. The lowest BCUT2D eigenvalue weighted by Gasteiger charge is -2.10. The summed E-state index contributed by atoms with van der Waals surface area (Å²) < 4.78 is 26.7. The molecule has 2 heterocycles. The molecule has 4 rings (SSSR count). The van der Waals surface area contributed by atoms with Crippen molar-refractivity contribution in [1.29, 1.82) is 0 Å². The van der Waals surface area contributed by atoms with Crippen LogP contribution in [0.5, 0.6) is 0 Å². The molecule has 0 aliphatic rings. The highest BCUT2D eigenvalue weighted by Crippen LogP contribution is 2.27. The van der Waals surface area contributed by atoms with Crippen LogP contribution in [0.15, 0.2) is 69.8 Å². The Hall–Kier alpha value is -2.65. The highest BCUT2D eigenvalue weighted by Gasteiger charge is 2.21. The number of nitrogens with one attached hydrogen (secondary N) is 1. The lowest BCUT2D eigenvalue weighted by Crippen LogP contribution is -2.18. The largest absolute Gasteiger partial charge is 0.387 e. The van der Waals surface area contributed by atoms with Crippen LogP contribution >= 0.6 is 34.5 Å². The predicted octanol–water partition coefficient (Wildman–Crippen LogP) is 4.99. The first-order valence-corrected chi connectivity index (χ1v) is 13.0. The quantitative estimate of drug-likeness (QED) is 0.371. The highest BCUT2D eigenvalue weighted by atomic mass is 35.5. The average Bonchev–Trinajstić information content (AvgIpc) is 3.22. The number of nitrogens with zero attached hydrogens (tertiary/aromatic N) is 1. The molecule has 0 amide bonds. The van der Waals surface area contributed by atoms with Crippen molar-refractivity contribution in [2.45, 2.75) is 10.6 Å². The lowest BCUT2D eigenvalue weighted by molar-refractivity contribution is -0.116. The Morgan fingerprint density at radius 3 is 2.42 bits per heavy atom.